The van der Waals surface area contributed by atoms with E-state index in [-0.39, 0.29) is 22.5 Å². The first-order valence-corrected chi connectivity index (χ1v) is 11.6. The second-order valence-electron chi connectivity index (χ2n) is 8.33. The van der Waals surface area contributed by atoms with Crippen molar-refractivity contribution in [1.29, 1.82) is 0 Å². The number of fused-ring (bicyclic) bond motifs is 1. The Morgan fingerprint density at radius 1 is 0.703 bits per heavy atom. The van der Waals surface area contributed by atoms with Gasteiger partial charge in [-0.3, -0.25) is 4.79 Å². The molecule has 0 saturated heterocycles. The Balaban J connectivity index is 1.53. The molecule has 0 unspecified atom stereocenters. The second kappa shape index (κ2) is 10.4. The van der Waals surface area contributed by atoms with Crippen LogP contribution in [0.4, 0.5) is 0 Å². The average Bonchev–Trinajstić information content (AvgIpc) is 2.93. The van der Waals surface area contributed by atoms with Gasteiger partial charge >= 0.3 is 0 Å². The van der Waals surface area contributed by atoms with Gasteiger partial charge in [-0.05, 0) is 29.3 Å². The van der Waals surface area contributed by atoms with Crippen molar-refractivity contribution in [1.82, 2.24) is 0 Å². The molecule has 0 atom stereocenters. The topological polar surface area (TPSA) is 98.4 Å². The molecule has 5 rings (SSSR count). The Morgan fingerprint density at radius 2 is 1.32 bits per heavy atom. The highest BCUT2D eigenvalue weighted by Crippen LogP contribution is 2.41. The van der Waals surface area contributed by atoms with Gasteiger partial charge in [-0.15, -0.1) is 0 Å². The number of methoxy groups -OCH3 is 1. The van der Waals surface area contributed by atoms with E-state index < -0.39 is 16.9 Å². The molecule has 0 saturated carbocycles. The largest absolute Gasteiger partial charge is 0.504 e. The zero-order valence-corrected chi connectivity index (χ0v) is 20.0. The van der Waals surface area contributed by atoms with Crippen molar-refractivity contribution < 1.29 is 28.8 Å². The summed E-state index contributed by atoms with van der Waals surface area (Å²) in [6.45, 7) is 0.674. The minimum atomic E-state index is -0.591. The van der Waals surface area contributed by atoms with Gasteiger partial charge < -0.3 is 28.8 Å². The summed E-state index contributed by atoms with van der Waals surface area (Å²) in [4.78, 5) is 12.8. The molecule has 4 aromatic carbocycles. The molecule has 1 heterocycles. The van der Waals surface area contributed by atoms with E-state index in [9.17, 15) is 15.0 Å². The van der Waals surface area contributed by atoms with Gasteiger partial charge in [0.15, 0.2) is 28.4 Å². The van der Waals surface area contributed by atoms with Crippen LogP contribution in [0.2, 0.25) is 0 Å². The molecule has 0 aliphatic carbocycles. The van der Waals surface area contributed by atoms with Gasteiger partial charge in [-0.25, -0.2) is 0 Å². The monoisotopic (exact) mass is 496 g/mol. The maximum absolute atomic E-state index is 12.8. The van der Waals surface area contributed by atoms with Gasteiger partial charge in [0, 0.05) is 17.7 Å². The maximum atomic E-state index is 12.8. The van der Waals surface area contributed by atoms with Crippen molar-refractivity contribution in [2.45, 2.75) is 13.2 Å². The third-order valence-electron chi connectivity index (χ3n) is 5.85. The van der Waals surface area contributed by atoms with E-state index in [2.05, 4.69) is 0 Å². The number of phenolic OH excluding ortho intramolecular Hbond substituents is 2. The fraction of sp³-hybridized carbons (Fsp3) is 0.100. The first kappa shape index (κ1) is 23.8. The van der Waals surface area contributed by atoms with Crippen LogP contribution in [0.25, 0.3) is 22.3 Å². The molecule has 0 amide bonds. The lowest BCUT2D eigenvalue weighted by Gasteiger charge is -2.15. The lowest BCUT2D eigenvalue weighted by atomic mass is 10.1. The summed E-state index contributed by atoms with van der Waals surface area (Å²) in [6, 6.07) is 27.4. The molecule has 1 aromatic heterocycles. The molecule has 7 heteroatoms. The highest BCUT2D eigenvalue weighted by Gasteiger charge is 2.19. The van der Waals surface area contributed by atoms with Crippen LogP contribution in [0.5, 0.6) is 28.7 Å². The summed E-state index contributed by atoms with van der Waals surface area (Å²) in [7, 11) is 1.34. The highest BCUT2D eigenvalue weighted by atomic mass is 16.5. The quantitative estimate of drug-likeness (QED) is 0.253. The highest BCUT2D eigenvalue weighted by molar-refractivity contribution is 5.89. The standard InChI is InChI=1S/C30H24O7/c1-34-27-16-26-28(30(33)29(27)32)22(31)15-24(37-26)21-12-13-23(35-17-19-8-4-2-5-9-19)25(14-21)36-18-20-10-6-3-7-11-20/h2-16,32-33H,17-18H2,1H3. The number of benzene rings is 4. The van der Waals surface area contributed by atoms with Crippen LogP contribution in [0.3, 0.4) is 0 Å². The molecular weight excluding hydrogens is 472 g/mol. The van der Waals surface area contributed by atoms with Crippen LogP contribution in [-0.2, 0) is 13.2 Å². The minimum Gasteiger partial charge on any atom is -0.504 e. The summed E-state index contributed by atoms with van der Waals surface area (Å²) in [5.41, 5.74) is 2.13. The summed E-state index contributed by atoms with van der Waals surface area (Å²) in [5, 5.41) is 20.2. The molecule has 0 bridgehead atoms. The van der Waals surface area contributed by atoms with Gasteiger partial charge in [0.2, 0.25) is 5.75 Å². The van der Waals surface area contributed by atoms with E-state index >= 15 is 0 Å². The van der Waals surface area contributed by atoms with Gasteiger partial charge in [-0.1, -0.05) is 60.7 Å². The van der Waals surface area contributed by atoms with E-state index in [1.807, 2.05) is 60.7 Å². The van der Waals surface area contributed by atoms with Gasteiger partial charge in [0.1, 0.15) is 29.9 Å². The number of hydrogen-bond acceptors (Lipinski definition) is 7. The van der Waals surface area contributed by atoms with E-state index in [0.717, 1.165) is 11.1 Å². The molecule has 0 spiro atoms. The van der Waals surface area contributed by atoms with E-state index in [1.54, 1.807) is 18.2 Å². The number of aromatic hydroxyl groups is 2. The molecule has 37 heavy (non-hydrogen) atoms. The van der Waals surface area contributed by atoms with Gasteiger partial charge in [-0.2, -0.15) is 0 Å². The van der Waals surface area contributed by atoms with Crippen molar-refractivity contribution in [3.8, 4) is 40.1 Å². The molecule has 5 aromatic rings. The molecule has 7 nitrogen and oxygen atoms in total. The van der Waals surface area contributed by atoms with E-state index in [0.29, 0.717) is 30.3 Å². The maximum Gasteiger partial charge on any atom is 0.201 e. The number of ether oxygens (including phenoxy) is 3. The predicted octanol–water partition coefficient (Wildman–Crippen LogP) is 6.04. The zero-order chi connectivity index (χ0) is 25.8. The summed E-state index contributed by atoms with van der Waals surface area (Å²) in [5.74, 6) is 0.144. The van der Waals surface area contributed by atoms with Crippen molar-refractivity contribution in [2.24, 2.45) is 0 Å². The second-order valence-corrected chi connectivity index (χ2v) is 8.33. The first-order chi connectivity index (χ1) is 18.0. The van der Waals surface area contributed by atoms with E-state index in [1.165, 1.54) is 19.2 Å². The Kier molecular flexibility index (Phi) is 6.68. The lowest BCUT2D eigenvalue weighted by Crippen LogP contribution is -2.03. The number of phenols is 2. The average molecular weight is 497 g/mol. The van der Waals surface area contributed by atoms with Crippen LogP contribution in [0.1, 0.15) is 11.1 Å². The lowest BCUT2D eigenvalue weighted by molar-refractivity contribution is 0.256. The Morgan fingerprint density at radius 3 is 1.95 bits per heavy atom. The molecule has 0 radical (unpaired) electrons. The first-order valence-electron chi connectivity index (χ1n) is 11.6. The third-order valence-corrected chi connectivity index (χ3v) is 5.85. The molecule has 2 N–H and O–H groups in total. The Bertz CT molecular complexity index is 1590. The van der Waals surface area contributed by atoms with Crippen molar-refractivity contribution >= 4 is 11.0 Å². The zero-order valence-electron chi connectivity index (χ0n) is 20.0. The molecule has 0 aliphatic rings. The van der Waals surface area contributed by atoms with Crippen LogP contribution in [0, 0.1) is 0 Å². The fourth-order valence-corrected chi connectivity index (χ4v) is 3.93. The Labute approximate surface area is 212 Å². The van der Waals surface area contributed by atoms with Crippen molar-refractivity contribution in [3.63, 3.8) is 0 Å². The molecular formula is C30H24O7. The van der Waals surface area contributed by atoms with Crippen molar-refractivity contribution in [2.75, 3.05) is 7.11 Å². The molecule has 0 aliphatic heterocycles. The van der Waals surface area contributed by atoms with Crippen molar-refractivity contribution in [3.05, 3.63) is 112 Å². The summed E-state index contributed by atoms with van der Waals surface area (Å²) in [6.07, 6.45) is 0. The summed E-state index contributed by atoms with van der Waals surface area (Å²) < 4.78 is 23.2. The Hall–Kier alpha value is -4.91. The molecule has 186 valence electrons. The predicted molar refractivity (Wildman–Crippen MR) is 139 cm³/mol. The van der Waals surface area contributed by atoms with Crippen LogP contribution >= 0.6 is 0 Å². The van der Waals surface area contributed by atoms with Gasteiger partial charge in [0.25, 0.3) is 0 Å². The minimum absolute atomic E-state index is 0.0122. The number of rotatable bonds is 8. The van der Waals surface area contributed by atoms with Crippen LogP contribution < -0.4 is 19.6 Å². The van der Waals surface area contributed by atoms with Gasteiger partial charge in [0.05, 0.1) is 7.11 Å². The summed E-state index contributed by atoms with van der Waals surface area (Å²) >= 11 is 0. The van der Waals surface area contributed by atoms with E-state index in [4.69, 9.17) is 18.6 Å². The fourth-order valence-electron chi connectivity index (χ4n) is 3.93. The number of hydrogen-bond donors (Lipinski definition) is 2. The normalized spacial score (nSPS) is 10.8. The van der Waals surface area contributed by atoms with Crippen LogP contribution in [0.15, 0.2) is 100 Å². The molecule has 0 fully saturated rings. The van der Waals surface area contributed by atoms with Crippen LogP contribution in [-0.4, -0.2) is 17.3 Å². The SMILES string of the molecule is COc1cc2oc(-c3ccc(OCc4ccccc4)c(OCc4ccccc4)c3)cc(=O)c2c(O)c1O. The smallest absolute Gasteiger partial charge is 0.201 e. The third kappa shape index (κ3) is 5.06.